The van der Waals surface area contributed by atoms with Crippen LogP contribution >= 0.6 is 0 Å². The summed E-state index contributed by atoms with van der Waals surface area (Å²) < 4.78 is 12.7. The molecule has 1 aliphatic rings. The largest absolute Gasteiger partial charge is 0.494 e. The lowest BCUT2D eigenvalue weighted by Gasteiger charge is -2.11. The third-order valence-electron chi connectivity index (χ3n) is 3.24. The highest BCUT2D eigenvalue weighted by Gasteiger charge is 2.23. The fraction of sp³-hybridized carbons (Fsp3) is 0.462. The normalized spacial score (nSPS) is 18.4. The number of rotatable bonds is 4. The van der Waals surface area contributed by atoms with Crippen LogP contribution in [0.2, 0.25) is 0 Å². The van der Waals surface area contributed by atoms with Gasteiger partial charge in [0.15, 0.2) is 5.82 Å². The molecule has 0 aliphatic carbocycles. The molecule has 0 bridgehead atoms. The second-order valence-electron chi connectivity index (χ2n) is 4.69. The third kappa shape index (κ3) is 2.44. The average molecular weight is 275 g/mol. The van der Waals surface area contributed by atoms with Gasteiger partial charge in [0.1, 0.15) is 5.75 Å². The average Bonchev–Trinajstić information content (AvgIpc) is 3.09. The lowest BCUT2D eigenvalue weighted by molar-refractivity contribution is 0.184. The maximum atomic E-state index is 5.92. The van der Waals surface area contributed by atoms with Crippen molar-refractivity contribution in [3.05, 3.63) is 18.2 Å². The molecule has 1 aromatic carbocycles. The molecule has 1 unspecified atom stereocenters. The van der Waals surface area contributed by atoms with E-state index in [-0.39, 0.29) is 6.04 Å². The van der Waals surface area contributed by atoms with Crippen molar-refractivity contribution in [2.75, 3.05) is 25.6 Å². The number of benzene rings is 1. The van der Waals surface area contributed by atoms with Gasteiger partial charge in [0.05, 0.1) is 19.3 Å². The summed E-state index contributed by atoms with van der Waals surface area (Å²) in [5.74, 6) is 1.41. The van der Waals surface area contributed by atoms with Gasteiger partial charge in [-0.25, -0.2) is 4.68 Å². The molecule has 20 heavy (non-hydrogen) atoms. The maximum Gasteiger partial charge on any atom is 0.182 e. The Kier molecular flexibility index (Phi) is 3.51. The van der Waals surface area contributed by atoms with Crippen LogP contribution in [0.15, 0.2) is 18.2 Å². The van der Waals surface area contributed by atoms with Gasteiger partial charge in [-0.05, 0) is 35.9 Å². The Morgan fingerprint density at radius 2 is 2.35 bits per heavy atom. The lowest BCUT2D eigenvalue weighted by atomic mass is 10.1. The fourth-order valence-electron chi connectivity index (χ4n) is 2.35. The van der Waals surface area contributed by atoms with Gasteiger partial charge < -0.3 is 15.2 Å². The minimum Gasteiger partial charge on any atom is -0.494 e. The Bertz CT molecular complexity index is 592. The number of nitrogen functional groups attached to an aromatic ring is 1. The van der Waals surface area contributed by atoms with Crippen molar-refractivity contribution in [2.24, 2.45) is 0 Å². The maximum absolute atomic E-state index is 5.92. The summed E-state index contributed by atoms with van der Waals surface area (Å²) in [6.07, 6.45) is 0.915. The van der Waals surface area contributed by atoms with Crippen LogP contribution in [0.1, 0.15) is 19.4 Å². The summed E-state index contributed by atoms with van der Waals surface area (Å²) in [5.41, 5.74) is 7.40. The van der Waals surface area contributed by atoms with Gasteiger partial charge in [0.25, 0.3) is 0 Å². The highest BCUT2D eigenvalue weighted by atomic mass is 16.5. The Hall–Kier alpha value is -2.15. The standard InChI is InChI=1S/C13H17N5O2/c1-2-20-12-6-9(5-10(14)7-12)13-15-16-17-18(13)11-3-4-19-8-11/h5-7,11H,2-4,8,14H2,1H3. The molecule has 3 rings (SSSR count). The van der Waals surface area contributed by atoms with Crippen LogP contribution in [0.5, 0.6) is 5.75 Å². The minimum absolute atomic E-state index is 0.178. The first kappa shape index (κ1) is 12.9. The summed E-state index contributed by atoms with van der Waals surface area (Å²) in [7, 11) is 0. The molecule has 0 spiro atoms. The lowest BCUT2D eigenvalue weighted by Crippen LogP contribution is -2.12. The molecule has 1 atom stereocenters. The summed E-state index contributed by atoms with van der Waals surface area (Å²) in [6, 6.07) is 5.72. The highest BCUT2D eigenvalue weighted by molar-refractivity contribution is 5.64. The van der Waals surface area contributed by atoms with Crippen LogP contribution in [-0.2, 0) is 4.74 Å². The Balaban J connectivity index is 1.98. The molecule has 0 amide bonds. The number of anilines is 1. The van der Waals surface area contributed by atoms with E-state index >= 15 is 0 Å². The molecule has 1 aromatic heterocycles. The summed E-state index contributed by atoms with van der Waals surface area (Å²) >= 11 is 0. The Morgan fingerprint density at radius 3 is 3.10 bits per heavy atom. The van der Waals surface area contributed by atoms with E-state index < -0.39 is 0 Å². The number of tetrazole rings is 1. The molecule has 2 N–H and O–H groups in total. The van der Waals surface area contributed by atoms with Gasteiger partial charge in [-0.1, -0.05) is 0 Å². The summed E-state index contributed by atoms with van der Waals surface area (Å²) in [5, 5.41) is 12.0. The molecule has 1 saturated heterocycles. The molecule has 0 saturated carbocycles. The van der Waals surface area contributed by atoms with Gasteiger partial charge in [-0.2, -0.15) is 0 Å². The van der Waals surface area contributed by atoms with Crippen LogP contribution in [0.4, 0.5) is 5.69 Å². The third-order valence-corrected chi connectivity index (χ3v) is 3.24. The molecule has 2 aromatic rings. The number of hydrogen-bond donors (Lipinski definition) is 1. The molecule has 7 nitrogen and oxygen atoms in total. The van der Waals surface area contributed by atoms with Crippen LogP contribution in [0, 0.1) is 0 Å². The first-order chi connectivity index (χ1) is 9.78. The number of nitrogens with zero attached hydrogens (tertiary/aromatic N) is 4. The van der Waals surface area contributed by atoms with Crippen LogP contribution in [-0.4, -0.2) is 40.0 Å². The first-order valence-electron chi connectivity index (χ1n) is 6.67. The minimum atomic E-state index is 0.178. The van der Waals surface area contributed by atoms with E-state index in [9.17, 15) is 0 Å². The Morgan fingerprint density at radius 1 is 1.45 bits per heavy atom. The number of ether oxygens (including phenoxy) is 2. The SMILES string of the molecule is CCOc1cc(N)cc(-c2nnnn2C2CCOC2)c1. The van der Waals surface area contributed by atoms with Crippen molar-refractivity contribution in [1.29, 1.82) is 0 Å². The van der Waals surface area contributed by atoms with E-state index in [1.807, 2.05) is 19.1 Å². The van der Waals surface area contributed by atoms with Gasteiger partial charge >= 0.3 is 0 Å². The molecule has 106 valence electrons. The first-order valence-corrected chi connectivity index (χ1v) is 6.67. The molecule has 1 fully saturated rings. The van der Waals surface area contributed by atoms with Gasteiger partial charge in [-0.3, -0.25) is 0 Å². The fourth-order valence-corrected chi connectivity index (χ4v) is 2.35. The van der Waals surface area contributed by atoms with Crippen molar-refractivity contribution < 1.29 is 9.47 Å². The topological polar surface area (TPSA) is 88.1 Å². The van der Waals surface area contributed by atoms with Crippen LogP contribution in [0.25, 0.3) is 11.4 Å². The van der Waals surface area contributed by atoms with Crippen molar-refractivity contribution >= 4 is 5.69 Å². The zero-order valence-electron chi connectivity index (χ0n) is 11.3. The van der Waals surface area contributed by atoms with E-state index in [2.05, 4.69) is 15.5 Å². The van der Waals surface area contributed by atoms with E-state index in [1.54, 1.807) is 10.7 Å². The molecular formula is C13H17N5O2. The van der Waals surface area contributed by atoms with E-state index in [4.69, 9.17) is 15.2 Å². The number of nitrogens with two attached hydrogens (primary N) is 1. The van der Waals surface area contributed by atoms with Crippen molar-refractivity contribution in [2.45, 2.75) is 19.4 Å². The smallest absolute Gasteiger partial charge is 0.182 e. The molecule has 2 heterocycles. The second-order valence-corrected chi connectivity index (χ2v) is 4.69. The molecule has 0 radical (unpaired) electrons. The second kappa shape index (κ2) is 5.46. The predicted octanol–water partition coefficient (Wildman–Crippen LogP) is 1.28. The molecule has 1 aliphatic heterocycles. The zero-order valence-corrected chi connectivity index (χ0v) is 11.3. The van der Waals surface area contributed by atoms with Crippen LogP contribution < -0.4 is 10.5 Å². The van der Waals surface area contributed by atoms with Gasteiger partial charge in [-0.15, -0.1) is 5.10 Å². The molecular weight excluding hydrogens is 258 g/mol. The van der Waals surface area contributed by atoms with Crippen molar-refractivity contribution in [3.63, 3.8) is 0 Å². The van der Waals surface area contributed by atoms with E-state index in [1.165, 1.54) is 0 Å². The van der Waals surface area contributed by atoms with Crippen molar-refractivity contribution in [3.8, 4) is 17.1 Å². The summed E-state index contributed by atoms with van der Waals surface area (Å²) in [6.45, 7) is 3.90. The van der Waals surface area contributed by atoms with Crippen LogP contribution in [0.3, 0.4) is 0 Å². The quantitative estimate of drug-likeness (QED) is 0.846. The van der Waals surface area contributed by atoms with E-state index in [0.29, 0.717) is 24.7 Å². The molecule has 7 heteroatoms. The highest BCUT2D eigenvalue weighted by Crippen LogP contribution is 2.28. The van der Waals surface area contributed by atoms with Gasteiger partial charge in [0.2, 0.25) is 0 Å². The number of aromatic nitrogens is 4. The van der Waals surface area contributed by atoms with Gasteiger partial charge in [0, 0.05) is 23.9 Å². The zero-order chi connectivity index (χ0) is 13.9. The van der Waals surface area contributed by atoms with Crippen molar-refractivity contribution in [1.82, 2.24) is 20.2 Å². The monoisotopic (exact) mass is 275 g/mol. The number of hydrogen-bond acceptors (Lipinski definition) is 6. The van der Waals surface area contributed by atoms with E-state index in [0.717, 1.165) is 24.3 Å². The predicted molar refractivity (Wildman–Crippen MR) is 73.3 cm³/mol. The summed E-state index contributed by atoms with van der Waals surface area (Å²) in [4.78, 5) is 0. The Labute approximate surface area is 116 Å².